The van der Waals surface area contributed by atoms with E-state index >= 15 is 0 Å². The molecular weight excluding hydrogens is 336 g/mol. The zero-order valence-corrected chi connectivity index (χ0v) is 14.2. The Balaban J connectivity index is 1.82. The molecule has 8 nitrogen and oxygen atoms in total. The Morgan fingerprint density at radius 3 is 2.85 bits per heavy atom. The van der Waals surface area contributed by atoms with E-state index in [2.05, 4.69) is 10.6 Å². The van der Waals surface area contributed by atoms with E-state index in [-0.39, 0.29) is 17.0 Å². The van der Waals surface area contributed by atoms with E-state index in [9.17, 15) is 14.4 Å². The SMILES string of the molecule is N#C/C(=C/NCCCN1CCCC1=O)C(=O)Nc1cccc(C(=O)O)c1. The quantitative estimate of drug-likeness (QED) is 0.367. The minimum atomic E-state index is -1.10. The summed E-state index contributed by atoms with van der Waals surface area (Å²) < 4.78 is 0. The lowest BCUT2D eigenvalue weighted by molar-refractivity contribution is -0.127. The first-order chi connectivity index (χ1) is 12.5. The van der Waals surface area contributed by atoms with Gasteiger partial charge in [0.15, 0.2) is 0 Å². The van der Waals surface area contributed by atoms with Gasteiger partial charge in [0, 0.05) is 37.9 Å². The highest BCUT2D eigenvalue weighted by atomic mass is 16.4. The average Bonchev–Trinajstić information content (AvgIpc) is 3.03. The molecule has 26 heavy (non-hydrogen) atoms. The highest BCUT2D eigenvalue weighted by molar-refractivity contribution is 6.06. The predicted molar refractivity (Wildman–Crippen MR) is 94.2 cm³/mol. The molecule has 1 aromatic carbocycles. The summed E-state index contributed by atoms with van der Waals surface area (Å²) in [5.41, 5.74) is 0.214. The number of aromatic carboxylic acids is 1. The van der Waals surface area contributed by atoms with Gasteiger partial charge in [-0.05, 0) is 31.0 Å². The molecule has 1 saturated heterocycles. The summed E-state index contributed by atoms with van der Waals surface area (Å²) in [6.07, 6.45) is 3.54. The third kappa shape index (κ3) is 5.34. The first-order valence-electron chi connectivity index (χ1n) is 8.27. The van der Waals surface area contributed by atoms with Crippen LogP contribution in [0.5, 0.6) is 0 Å². The Morgan fingerprint density at radius 2 is 2.19 bits per heavy atom. The monoisotopic (exact) mass is 356 g/mol. The Hall–Kier alpha value is -3.34. The minimum Gasteiger partial charge on any atom is -0.478 e. The molecule has 0 saturated carbocycles. The van der Waals surface area contributed by atoms with Crippen molar-refractivity contribution in [3.8, 4) is 6.07 Å². The van der Waals surface area contributed by atoms with Crippen molar-refractivity contribution in [2.75, 3.05) is 25.0 Å². The molecule has 0 atom stereocenters. The van der Waals surface area contributed by atoms with Crippen LogP contribution in [0.15, 0.2) is 36.0 Å². The number of amides is 2. The summed E-state index contributed by atoms with van der Waals surface area (Å²) in [7, 11) is 0. The summed E-state index contributed by atoms with van der Waals surface area (Å²) in [6.45, 7) is 1.96. The number of nitrogens with one attached hydrogen (secondary N) is 2. The molecule has 0 radical (unpaired) electrons. The van der Waals surface area contributed by atoms with Crippen LogP contribution < -0.4 is 10.6 Å². The fraction of sp³-hybridized carbons (Fsp3) is 0.333. The molecule has 1 aliphatic rings. The van der Waals surface area contributed by atoms with E-state index in [0.29, 0.717) is 31.6 Å². The highest BCUT2D eigenvalue weighted by Gasteiger charge is 2.18. The lowest BCUT2D eigenvalue weighted by Crippen LogP contribution is -2.27. The van der Waals surface area contributed by atoms with Gasteiger partial charge in [-0.2, -0.15) is 5.26 Å². The number of anilines is 1. The third-order valence-electron chi connectivity index (χ3n) is 3.90. The lowest BCUT2D eigenvalue weighted by Gasteiger charge is -2.14. The van der Waals surface area contributed by atoms with Gasteiger partial charge >= 0.3 is 5.97 Å². The normalized spacial score (nSPS) is 14.0. The number of nitrogens with zero attached hydrogens (tertiary/aromatic N) is 2. The molecule has 1 heterocycles. The van der Waals surface area contributed by atoms with E-state index in [1.165, 1.54) is 24.4 Å². The van der Waals surface area contributed by atoms with Crippen molar-refractivity contribution in [2.45, 2.75) is 19.3 Å². The van der Waals surface area contributed by atoms with Crippen molar-refractivity contribution < 1.29 is 19.5 Å². The second-order valence-electron chi connectivity index (χ2n) is 5.80. The number of carboxylic acid groups (broad SMARTS) is 1. The Labute approximate surface area is 151 Å². The second-order valence-corrected chi connectivity index (χ2v) is 5.80. The third-order valence-corrected chi connectivity index (χ3v) is 3.90. The van der Waals surface area contributed by atoms with Crippen LogP contribution in [0, 0.1) is 11.3 Å². The highest BCUT2D eigenvalue weighted by Crippen LogP contribution is 2.12. The molecule has 2 rings (SSSR count). The molecule has 2 amide bonds. The van der Waals surface area contributed by atoms with Gasteiger partial charge in [-0.3, -0.25) is 9.59 Å². The van der Waals surface area contributed by atoms with Gasteiger partial charge in [0.05, 0.1) is 5.56 Å². The van der Waals surface area contributed by atoms with E-state index in [1.807, 2.05) is 0 Å². The van der Waals surface area contributed by atoms with Crippen LogP contribution in [-0.2, 0) is 9.59 Å². The Morgan fingerprint density at radius 1 is 1.38 bits per heavy atom. The number of nitriles is 1. The number of hydrogen-bond acceptors (Lipinski definition) is 5. The van der Waals surface area contributed by atoms with Crippen LogP contribution in [0.1, 0.15) is 29.6 Å². The summed E-state index contributed by atoms with van der Waals surface area (Å²) in [5.74, 6) is -1.56. The predicted octanol–water partition coefficient (Wildman–Crippen LogP) is 1.33. The number of rotatable bonds is 8. The van der Waals surface area contributed by atoms with Crippen LogP contribution >= 0.6 is 0 Å². The van der Waals surface area contributed by atoms with Crippen LogP contribution in [0.4, 0.5) is 5.69 Å². The average molecular weight is 356 g/mol. The van der Waals surface area contributed by atoms with Crippen molar-refractivity contribution in [1.82, 2.24) is 10.2 Å². The zero-order valence-electron chi connectivity index (χ0n) is 14.2. The van der Waals surface area contributed by atoms with E-state index < -0.39 is 11.9 Å². The van der Waals surface area contributed by atoms with Gasteiger partial charge in [-0.1, -0.05) is 6.07 Å². The lowest BCUT2D eigenvalue weighted by atomic mass is 10.2. The number of carbonyl (C=O) groups is 3. The van der Waals surface area contributed by atoms with Gasteiger partial charge in [0.2, 0.25) is 5.91 Å². The number of likely N-dealkylation sites (tertiary alicyclic amines) is 1. The van der Waals surface area contributed by atoms with Crippen molar-refractivity contribution in [3.63, 3.8) is 0 Å². The van der Waals surface area contributed by atoms with E-state index in [4.69, 9.17) is 10.4 Å². The number of hydrogen-bond donors (Lipinski definition) is 3. The Kier molecular flexibility index (Phi) is 6.74. The van der Waals surface area contributed by atoms with Crippen LogP contribution in [0.2, 0.25) is 0 Å². The molecule has 8 heteroatoms. The largest absolute Gasteiger partial charge is 0.478 e. The first-order valence-corrected chi connectivity index (χ1v) is 8.27. The summed E-state index contributed by atoms with van der Waals surface area (Å²) in [4.78, 5) is 36.3. The molecule has 3 N–H and O–H groups in total. The number of carbonyl (C=O) groups excluding carboxylic acids is 2. The summed E-state index contributed by atoms with van der Waals surface area (Å²) in [6, 6.07) is 7.58. The molecule has 0 bridgehead atoms. The van der Waals surface area contributed by atoms with Gasteiger partial charge in [-0.15, -0.1) is 0 Å². The molecule has 1 fully saturated rings. The molecule has 0 spiro atoms. The summed E-state index contributed by atoms with van der Waals surface area (Å²) >= 11 is 0. The summed E-state index contributed by atoms with van der Waals surface area (Å²) in [5, 5.41) is 23.5. The fourth-order valence-electron chi connectivity index (χ4n) is 2.56. The molecule has 136 valence electrons. The maximum absolute atomic E-state index is 12.1. The maximum atomic E-state index is 12.1. The molecule has 0 unspecified atom stereocenters. The zero-order chi connectivity index (χ0) is 18.9. The van der Waals surface area contributed by atoms with Crippen molar-refractivity contribution in [3.05, 3.63) is 41.6 Å². The van der Waals surface area contributed by atoms with Crippen LogP contribution in [0.25, 0.3) is 0 Å². The van der Waals surface area contributed by atoms with E-state index in [1.54, 1.807) is 17.0 Å². The molecular formula is C18H20N4O4. The van der Waals surface area contributed by atoms with Crippen LogP contribution in [0.3, 0.4) is 0 Å². The maximum Gasteiger partial charge on any atom is 0.335 e. The molecule has 0 aliphatic carbocycles. The smallest absolute Gasteiger partial charge is 0.335 e. The fourth-order valence-corrected chi connectivity index (χ4v) is 2.56. The molecule has 1 aliphatic heterocycles. The van der Waals surface area contributed by atoms with Gasteiger partial charge in [-0.25, -0.2) is 4.79 Å². The molecule has 1 aromatic rings. The first kappa shape index (κ1) is 19.0. The minimum absolute atomic E-state index is 0.0415. The van der Waals surface area contributed by atoms with Gasteiger partial charge in [0.1, 0.15) is 11.6 Å². The standard InChI is InChI=1S/C18H20N4O4/c19-11-14(12-20-7-3-9-22-8-2-6-16(22)23)17(24)21-15-5-1-4-13(10-15)18(25)26/h1,4-5,10,12,20H,2-3,6-9H2,(H,21,24)(H,25,26)/b14-12-. The Bertz CT molecular complexity index is 767. The van der Waals surface area contributed by atoms with Gasteiger partial charge < -0.3 is 20.6 Å². The number of benzene rings is 1. The van der Waals surface area contributed by atoms with Crippen molar-refractivity contribution in [2.24, 2.45) is 0 Å². The van der Waals surface area contributed by atoms with Crippen molar-refractivity contribution in [1.29, 1.82) is 5.26 Å². The van der Waals surface area contributed by atoms with Crippen LogP contribution in [-0.4, -0.2) is 47.4 Å². The second kappa shape index (κ2) is 9.22. The van der Waals surface area contributed by atoms with Gasteiger partial charge in [0.25, 0.3) is 5.91 Å². The molecule has 0 aromatic heterocycles. The van der Waals surface area contributed by atoms with Crippen molar-refractivity contribution >= 4 is 23.5 Å². The van der Waals surface area contributed by atoms with E-state index in [0.717, 1.165) is 13.0 Å². The number of carboxylic acids is 1. The topological polar surface area (TPSA) is 123 Å².